The van der Waals surface area contributed by atoms with Crippen molar-refractivity contribution in [3.8, 4) is 6.07 Å². The second-order valence-electron chi connectivity index (χ2n) is 4.22. The predicted molar refractivity (Wildman–Crippen MR) is 89.0 cm³/mol. The summed E-state index contributed by atoms with van der Waals surface area (Å²) in [7, 11) is -4.06. The van der Waals surface area contributed by atoms with Gasteiger partial charge in [0.25, 0.3) is 0 Å². The lowest BCUT2D eigenvalue weighted by Crippen LogP contribution is -2.05. The zero-order chi connectivity index (χ0) is 16.3. The fourth-order valence-corrected chi connectivity index (χ4v) is 4.35. The first-order chi connectivity index (χ1) is 10.4. The Morgan fingerprint density at radius 1 is 1.18 bits per heavy atom. The number of sulfone groups is 1. The van der Waals surface area contributed by atoms with Gasteiger partial charge in [-0.1, -0.05) is 34.1 Å². The topological polar surface area (TPSA) is 57.9 Å². The van der Waals surface area contributed by atoms with E-state index in [0.29, 0.717) is 8.95 Å². The van der Waals surface area contributed by atoms with E-state index in [-0.39, 0.29) is 10.5 Å². The molecule has 3 nitrogen and oxygen atoms in total. The summed E-state index contributed by atoms with van der Waals surface area (Å²) in [5.41, 5.74) is 0.0359. The van der Waals surface area contributed by atoms with Crippen molar-refractivity contribution in [2.45, 2.75) is 4.90 Å². The Hall–Kier alpha value is -1.49. The number of nitrogens with zero attached hydrogens (tertiary/aromatic N) is 1. The lowest BCUT2D eigenvalue weighted by atomic mass is 10.2. The molecule has 0 atom stereocenters. The van der Waals surface area contributed by atoms with Crippen LogP contribution in [0.1, 0.15) is 5.56 Å². The van der Waals surface area contributed by atoms with Gasteiger partial charge in [-0.3, -0.25) is 0 Å². The highest BCUT2D eigenvalue weighted by molar-refractivity contribution is 9.11. The number of halogens is 3. The molecule has 7 heteroatoms. The van der Waals surface area contributed by atoms with E-state index < -0.39 is 20.6 Å². The molecule has 0 aliphatic rings. The molecule has 0 spiro atoms. The van der Waals surface area contributed by atoms with Crippen molar-refractivity contribution < 1.29 is 12.8 Å². The van der Waals surface area contributed by atoms with Crippen LogP contribution in [0.5, 0.6) is 0 Å². The molecule has 0 fully saturated rings. The molecule has 112 valence electrons. The van der Waals surface area contributed by atoms with Crippen LogP contribution in [0.15, 0.2) is 61.2 Å². The fraction of sp³-hybridized carbons (Fsp3) is 0. The van der Waals surface area contributed by atoms with E-state index in [2.05, 4.69) is 31.9 Å². The van der Waals surface area contributed by atoms with Gasteiger partial charge in [0.05, 0.1) is 4.90 Å². The number of hydrogen-bond acceptors (Lipinski definition) is 3. The first kappa shape index (κ1) is 16.9. The van der Waals surface area contributed by atoms with Gasteiger partial charge in [0, 0.05) is 14.5 Å². The average Bonchev–Trinajstić information content (AvgIpc) is 2.48. The minimum atomic E-state index is -4.06. The molecule has 0 heterocycles. The lowest BCUT2D eigenvalue weighted by molar-refractivity contribution is 0.603. The highest BCUT2D eigenvalue weighted by atomic mass is 79.9. The van der Waals surface area contributed by atoms with E-state index in [1.54, 1.807) is 24.3 Å². The van der Waals surface area contributed by atoms with E-state index in [9.17, 15) is 18.1 Å². The predicted octanol–water partition coefficient (Wildman–Crippen LogP) is 4.69. The van der Waals surface area contributed by atoms with Crippen LogP contribution in [0, 0.1) is 17.1 Å². The quantitative estimate of drug-likeness (QED) is 0.645. The Morgan fingerprint density at radius 3 is 2.50 bits per heavy atom. The van der Waals surface area contributed by atoms with Crippen LogP contribution >= 0.6 is 31.9 Å². The molecule has 0 unspecified atom stereocenters. The molecule has 0 aliphatic heterocycles. The summed E-state index contributed by atoms with van der Waals surface area (Å²) < 4.78 is 39.7. The number of allylic oxidation sites excluding steroid dienone is 1. The van der Waals surface area contributed by atoms with Gasteiger partial charge in [-0.25, -0.2) is 12.8 Å². The van der Waals surface area contributed by atoms with Crippen LogP contribution in [0.4, 0.5) is 4.39 Å². The monoisotopic (exact) mass is 443 g/mol. The van der Waals surface area contributed by atoms with Gasteiger partial charge in [-0.15, -0.1) is 0 Å². The summed E-state index contributed by atoms with van der Waals surface area (Å²) in [4.78, 5) is -0.595. The molecule has 0 bridgehead atoms. The Balaban J connectivity index is 2.63. The Morgan fingerprint density at radius 2 is 1.86 bits per heavy atom. The van der Waals surface area contributed by atoms with Gasteiger partial charge in [0.2, 0.25) is 9.84 Å². The minimum absolute atomic E-state index is 0.0359. The summed E-state index contributed by atoms with van der Waals surface area (Å²) in [6, 6.07) is 11.9. The van der Waals surface area contributed by atoms with Crippen molar-refractivity contribution in [2.75, 3.05) is 0 Å². The zero-order valence-corrected chi connectivity index (χ0v) is 14.9. The van der Waals surface area contributed by atoms with Crippen molar-refractivity contribution in [3.63, 3.8) is 0 Å². The Bertz CT molecular complexity index is 902. The fourth-order valence-electron chi connectivity index (χ4n) is 1.70. The van der Waals surface area contributed by atoms with Crippen molar-refractivity contribution in [2.24, 2.45) is 0 Å². The summed E-state index contributed by atoms with van der Waals surface area (Å²) in [6.07, 6.45) is 1.03. The van der Waals surface area contributed by atoms with Crippen LogP contribution in [0.3, 0.4) is 0 Å². The lowest BCUT2D eigenvalue weighted by Gasteiger charge is -2.06. The van der Waals surface area contributed by atoms with E-state index in [1.165, 1.54) is 24.3 Å². The second kappa shape index (κ2) is 6.73. The second-order valence-corrected chi connectivity index (χ2v) is 7.88. The van der Waals surface area contributed by atoms with Gasteiger partial charge >= 0.3 is 0 Å². The summed E-state index contributed by atoms with van der Waals surface area (Å²) in [5, 5.41) is 9.19. The molecule has 2 rings (SSSR count). The van der Waals surface area contributed by atoms with Crippen LogP contribution in [0.25, 0.3) is 6.08 Å². The maximum absolute atomic E-state index is 13.7. The van der Waals surface area contributed by atoms with Crippen molar-refractivity contribution in [3.05, 3.63) is 67.7 Å². The maximum atomic E-state index is 13.7. The van der Waals surface area contributed by atoms with Crippen molar-refractivity contribution >= 4 is 47.8 Å². The molecule has 2 aromatic carbocycles. The molecule has 0 N–H and O–H groups in total. The molecule has 0 aliphatic carbocycles. The highest BCUT2D eigenvalue weighted by Gasteiger charge is 2.24. The zero-order valence-electron chi connectivity index (χ0n) is 10.9. The van der Waals surface area contributed by atoms with E-state index in [0.717, 1.165) is 6.08 Å². The SMILES string of the molecule is N#C/C(=C\c1ccccc1F)S(=O)(=O)c1cc(Br)ccc1Br. The van der Waals surface area contributed by atoms with Crippen LogP contribution in [-0.2, 0) is 9.84 Å². The molecule has 0 aromatic heterocycles. The van der Waals surface area contributed by atoms with Crippen molar-refractivity contribution in [1.29, 1.82) is 5.26 Å². The highest BCUT2D eigenvalue weighted by Crippen LogP contribution is 2.30. The molecular weight excluding hydrogens is 437 g/mol. The minimum Gasteiger partial charge on any atom is -0.218 e. The van der Waals surface area contributed by atoms with Crippen molar-refractivity contribution in [1.82, 2.24) is 0 Å². The number of nitriles is 1. The third-order valence-electron chi connectivity index (χ3n) is 2.77. The molecule has 0 saturated heterocycles. The molecule has 0 amide bonds. The number of rotatable bonds is 3. The largest absolute Gasteiger partial charge is 0.218 e. The molecule has 0 radical (unpaired) electrons. The average molecular weight is 445 g/mol. The summed E-state index contributed by atoms with van der Waals surface area (Å²) in [5.74, 6) is -0.598. The smallest absolute Gasteiger partial charge is 0.217 e. The van der Waals surface area contributed by atoms with Crippen LogP contribution < -0.4 is 0 Å². The molecule has 22 heavy (non-hydrogen) atoms. The standard InChI is InChI=1S/C15H8Br2FNO2S/c16-11-5-6-13(17)15(8-11)22(20,21)12(9-19)7-10-3-1-2-4-14(10)18/h1-8H/b12-7+. The first-order valence-corrected chi connectivity index (χ1v) is 8.99. The maximum Gasteiger partial charge on any atom is 0.217 e. The van der Waals surface area contributed by atoms with E-state index in [1.807, 2.05) is 0 Å². The van der Waals surface area contributed by atoms with Gasteiger partial charge in [0.15, 0.2) is 0 Å². The summed E-state index contributed by atoms with van der Waals surface area (Å²) in [6.45, 7) is 0. The van der Waals surface area contributed by atoms with E-state index >= 15 is 0 Å². The Kier molecular flexibility index (Phi) is 5.16. The number of benzene rings is 2. The molecular formula is C15H8Br2FNO2S. The third kappa shape index (κ3) is 3.46. The summed E-state index contributed by atoms with van der Waals surface area (Å²) >= 11 is 6.34. The Labute approximate surface area is 144 Å². The van der Waals surface area contributed by atoms with Crippen LogP contribution in [0.2, 0.25) is 0 Å². The molecule has 0 saturated carbocycles. The normalized spacial score (nSPS) is 12.0. The van der Waals surface area contributed by atoms with Gasteiger partial charge < -0.3 is 0 Å². The number of hydrogen-bond donors (Lipinski definition) is 0. The van der Waals surface area contributed by atoms with Gasteiger partial charge in [-0.2, -0.15) is 5.26 Å². The first-order valence-electron chi connectivity index (χ1n) is 5.92. The van der Waals surface area contributed by atoms with Crippen LogP contribution in [-0.4, -0.2) is 8.42 Å². The van der Waals surface area contributed by atoms with Gasteiger partial charge in [-0.05, 0) is 46.3 Å². The van der Waals surface area contributed by atoms with E-state index in [4.69, 9.17) is 0 Å². The third-order valence-corrected chi connectivity index (χ3v) is 5.93. The van der Waals surface area contributed by atoms with Gasteiger partial charge in [0.1, 0.15) is 16.8 Å². The molecule has 2 aromatic rings.